The third-order valence-corrected chi connectivity index (χ3v) is 3.93. The van der Waals surface area contributed by atoms with E-state index in [1.807, 2.05) is 24.3 Å². The Labute approximate surface area is 150 Å². The topological polar surface area (TPSA) is 69.0 Å². The predicted molar refractivity (Wildman–Crippen MR) is 96.3 cm³/mol. The summed E-state index contributed by atoms with van der Waals surface area (Å²) in [4.78, 5) is 16.2. The zero-order chi connectivity index (χ0) is 17.6. The van der Waals surface area contributed by atoms with Crippen LogP contribution in [0.3, 0.4) is 0 Å². The Kier molecular flexibility index (Phi) is 5.30. The van der Waals surface area contributed by atoms with E-state index in [4.69, 9.17) is 16.3 Å². The number of carbonyl (C=O) groups excluding carboxylic acids is 1. The van der Waals surface area contributed by atoms with Crippen molar-refractivity contribution in [3.05, 3.63) is 65.7 Å². The third kappa shape index (κ3) is 4.36. The fourth-order valence-corrected chi connectivity index (χ4v) is 2.58. The number of hydrogen-bond acceptors (Lipinski definition) is 4. The highest BCUT2D eigenvalue weighted by molar-refractivity contribution is 6.31. The van der Waals surface area contributed by atoms with Gasteiger partial charge in [0.15, 0.2) is 0 Å². The van der Waals surface area contributed by atoms with Crippen LogP contribution < -0.4 is 10.1 Å². The second-order valence-electron chi connectivity index (χ2n) is 5.40. The number of aromatic nitrogens is 3. The number of amides is 1. The van der Waals surface area contributed by atoms with E-state index < -0.39 is 0 Å². The minimum absolute atomic E-state index is 0.0977. The number of anilines is 1. The average molecular weight is 357 g/mol. The van der Waals surface area contributed by atoms with Crippen molar-refractivity contribution in [2.24, 2.45) is 0 Å². The van der Waals surface area contributed by atoms with Gasteiger partial charge >= 0.3 is 0 Å². The first-order chi connectivity index (χ1) is 12.2. The van der Waals surface area contributed by atoms with E-state index in [2.05, 4.69) is 15.4 Å². The van der Waals surface area contributed by atoms with Gasteiger partial charge in [0.2, 0.25) is 5.91 Å². The van der Waals surface area contributed by atoms with Crippen LogP contribution in [0, 0.1) is 0 Å². The van der Waals surface area contributed by atoms with Crippen LogP contribution in [0.4, 0.5) is 5.69 Å². The number of methoxy groups -OCH3 is 1. The summed E-state index contributed by atoms with van der Waals surface area (Å²) >= 11 is 6.05. The molecule has 3 rings (SSSR count). The van der Waals surface area contributed by atoms with E-state index in [0.29, 0.717) is 29.2 Å². The Balaban J connectivity index is 1.67. The first-order valence-electron chi connectivity index (χ1n) is 7.73. The molecule has 25 heavy (non-hydrogen) atoms. The quantitative estimate of drug-likeness (QED) is 0.734. The third-order valence-electron chi connectivity index (χ3n) is 3.70. The lowest BCUT2D eigenvalue weighted by molar-refractivity contribution is -0.116. The number of aryl methyl sites for hydroxylation is 1. The Morgan fingerprint density at radius 1 is 1.24 bits per heavy atom. The van der Waals surface area contributed by atoms with Crippen molar-refractivity contribution in [3.8, 4) is 11.4 Å². The fraction of sp³-hybridized carbons (Fsp3) is 0.167. The molecule has 0 unspecified atom stereocenters. The number of nitrogens with one attached hydrogen (secondary N) is 1. The van der Waals surface area contributed by atoms with Gasteiger partial charge in [0.1, 0.15) is 18.4 Å². The number of benzene rings is 2. The minimum atomic E-state index is -0.0977. The summed E-state index contributed by atoms with van der Waals surface area (Å²) in [5.41, 5.74) is 2.37. The zero-order valence-electron chi connectivity index (χ0n) is 13.6. The highest BCUT2D eigenvalue weighted by atomic mass is 35.5. The summed E-state index contributed by atoms with van der Waals surface area (Å²) in [6, 6.07) is 12.9. The molecule has 0 aliphatic heterocycles. The number of ether oxygens (including phenoxy) is 1. The second kappa shape index (κ2) is 7.81. The summed E-state index contributed by atoms with van der Waals surface area (Å²) in [5, 5.41) is 7.53. The van der Waals surface area contributed by atoms with Crippen LogP contribution >= 0.6 is 11.6 Å². The molecule has 1 heterocycles. The highest BCUT2D eigenvalue weighted by Crippen LogP contribution is 2.24. The maximum absolute atomic E-state index is 12.3. The van der Waals surface area contributed by atoms with Crippen molar-refractivity contribution in [2.45, 2.75) is 12.8 Å². The molecule has 1 aromatic heterocycles. The summed E-state index contributed by atoms with van der Waals surface area (Å²) in [5.74, 6) is 0.698. The molecule has 128 valence electrons. The van der Waals surface area contributed by atoms with E-state index in [-0.39, 0.29) is 5.91 Å². The van der Waals surface area contributed by atoms with Crippen molar-refractivity contribution < 1.29 is 9.53 Å². The molecular weight excluding hydrogens is 340 g/mol. The molecule has 2 aromatic carbocycles. The number of halogens is 1. The molecule has 1 amide bonds. The first kappa shape index (κ1) is 17.0. The van der Waals surface area contributed by atoms with Crippen LogP contribution in [0.2, 0.25) is 5.02 Å². The predicted octanol–water partition coefficient (Wildman–Crippen LogP) is 3.50. The van der Waals surface area contributed by atoms with Gasteiger partial charge in [-0.15, -0.1) is 0 Å². The Morgan fingerprint density at radius 3 is 2.72 bits per heavy atom. The smallest absolute Gasteiger partial charge is 0.224 e. The summed E-state index contributed by atoms with van der Waals surface area (Å²) in [6.45, 7) is 0. The normalized spacial score (nSPS) is 10.5. The highest BCUT2D eigenvalue weighted by Gasteiger charge is 2.10. The molecule has 0 aliphatic rings. The molecule has 7 heteroatoms. The van der Waals surface area contributed by atoms with Crippen LogP contribution in [0.1, 0.15) is 12.0 Å². The van der Waals surface area contributed by atoms with Gasteiger partial charge in [-0.2, -0.15) is 5.10 Å². The summed E-state index contributed by atoms with van der Waals surface area (Å²) in [6.07, 6.45) is 3.99. The minimum Gasteiger partial charge on any atom is -0.497 e. The van der Waals surface area contributed by atoms with Gasteiger partial charge in [-0.05, 0) is 42.3 Å². The molecule has 0 fully saturated rings. The van der Waals surface area contributed by atoms with E-state index in [1.54, 1.807) is 36.3 Å². The van der Waals surface area contributed by atoms with Gasteiger partial charge in [0.05, 0.1) is 18.5 Å². The maximum atomic E-state index is 12.3. The van der Waals surface area contributed by atoms with Gasteiger partial charge in [-0.25, -0.2) is 9.67 Å². The number of rotatable bonds is 6. The van der Waals surface area contributed by atoms with Gasteiger partial charge in [0, 0.05) is 11.4 Å². The molecule has 0 atom stereocenters. The van der Waals surface area contributed by atoms with E-state index >= 15 is 0 Å². The largest absolute Gasteiger partial charge is 0.497 e. The molecule has 0 bridgehead atoms. The van der Waals surface area contributed by atoms with Crippen LogP contribution in [0.25, 0.3) is 5.69 Å². The standard InChI is InChI=1S/C18H17ClN4O2/c1-25-15-6-2-13(3-7-15)4-9-18(24)22-16-10-14(19)5-8-17(16)23-12-20-11-21-23/h2-3,5-8,10-12H,4,9H2,1H3,(H,22,24). The average Bonchev–Trinajstić information content (AvgIpc) is 3.15. The van der Waals surface area contributed by atoms with Gasteiger partial charge in [-0.1, -0.05) is 23.7 Å². The number of nitrogens with zero attached hydrogens (tertiary/aromatic N) is 3. The van der Waals surface area contributed by atoms with Gasteiger partial charge in [0.25, 0.3) is 0 Å². The summed E-state index contributed by atoms with van der Waals surface area (Å²) in [7, 11) is 1.63. The molecule has 6 nitrogen and oxygen atoms in total. The second-order valence-corrected chi connectivity index (χ2v) is 5.83. The molecule has 0 radical (unpaired) electrons. The molecule has 1 N–H and O–H groups in total. The first-order valence-corrected chi connectivity index (χ1v) is 8.11. The summed E-state index contributed by atoms with van der Waals surface area (Å²) < 4.78 is 6.71. The van der Waals surface area contributed by atoms with Gasteiger partial charge < -0.3 is 10.1 Å². The Bertz CT molecular complexity index is 848. The SMILES string of the molecule is COc1ccc(CCC(=O)Nc2cc(Cl)ccc2-n2cncn2)cc1. The van der Waals surface area contributed by atoms with Crippen molar-refractivity contribution in [1.29, 1.82) is 0 Å². The van der Waals surface area contributed by atoms with Crippen LogP contribution in [-0.4, -0.2) is 27.8 Å². The van der Waals surface area contributed by atoms with Gasteiger partial charge in [-0.3, -0.25) is 4.79 Å². The van der Waals surface area contributed by atoms with E-state index in [9.17, 15) is 4.79 Å². The van der Waals surface area contributed by atoms with Crippen molar-refractivity contribution in [3.63, 3.8) is 0 Å². The molecule has 0 aliphatic carbocycles. The van der Waals surface area contributed by atoms with Crippen LogP contribution in [0.5, 0.6) is 5.75 Å². The molecule has 3 aromatic rings. The molecular formula is C18H17ClN4O2. The Morgan fingerprint density at radius 2 is 2.04 bits per heavy atom. The fourth-order valence-electron chi connectivity index (χ4n) is 2.40. The molecule has 0 saturated heterocycles. The Hall–Kier alpha value is -2.86. The molecule has 0 saturated carbocycles. The molecule has 0 spiro atoms. The van der Waals surface area contributed by atoms with E-state index in [0.717, 1.165) is 11.3 Å². The number of carbonyl (C=O) groups is 1. The van der Waals surface area contributed by atoms with Crippen molar-refractivity contribution >= 4 is 23.2 Å². The lowest BCUT2D eigenvalue weighted by Gasteiger charge is -2.11. The zero-order valence-corrected chi connectivity index (χ0v) is 14.4. The lowest BCUT2D eigenvalue weighted by atomic mass is 10.1. The van der Waals surface area contributed by atoms with Crippen molar-refractivity contribution in [2.75, 3.05) is 12.4 Å². The monoisotopic (exact) mass is 356 g/mol. The lowest BCUT2D eigenvalue weighted by Crippen LogP contribution is -2.14. The van der Waals surface area contributed by atoms with Crippen LogP contribution in [0.15, 0.2) is 55.1 Å². The number of hydrogen-bond donors (Lipinski definition) is 1. The van der Waals surface area contributed by atoms with Crippen molar-refractivity contribution in [1.82, 2.24) is 14.8 Å². The van der Waals surface area contributed by atoms with Crippen LogP contribution in [-0.2, 0) is 11.2 Å². The maximum Gasteiger partial charge on any atom is 0.224 e. The van der Waals surface area contributed by atoms with E-state index in [1.165, 1.54) is 6.33 Å².